The maximum atomic E-state index is 11.8. The number of carbonyl (C=O) groups is 1. The van der Waals surface area contributed by atoms with Crippen molar-refractivity contribution >= 4 is 16.0 Å². The van der Waals surface area contributed by atoms with E-state index in [9.17, 15) is 18.3 Å². The van der Waals surface area contributed by atoms with Gasteiger partial charge in [-0.05, 0) is 5.92 Å². The zero-order valence-electron chi connectivity index (χ0n) is 10.1. The first kappa shape index (κ1) is 14.4. The quantitative estimate of drug-likeness (QED) is 0.740. The lowest BCUT2D eigenvalue weighted by Crippen LogP contribution is -2.58. The third-order valence-corrected chi connectivity index (χ3v) is 4.47. The fourth-order valence-corrected chi connectivity index (χ4v) is 3.71. The minimum atomic E-state index is -3.57. The Labute approximate surface area is 101 Å². The lowest BCUT2D eigenvalue weighted by atomic mass is 9.92. The van der Waals surface area contributed by atoms with Gasteiger partial charge in [-0.3, -0.25) is 4.79 Å². The minimum absolute atomic E-state index is 0.0433. The fourth-order valence-electron chi connectivity index (χ4n) is 1.86. The second-order valence-corrected chi connectivity index (χ2v) is 6.54. The number of aliphatic carboxylic acids is 1. The number of carboxylic acid groups (broad SMARTS) is 1. The van der Waals surface area contributed by atoms with Gasteiger partial charge in [-0.1, -0.05) is 13.8 Å². The number of nitrogens with one attached hydrogen (secondary N) is 1. The topological polar surface area (TPSA) is 92.7 Å². The molecule has 1 heterocycles. The first-order valence-electron chi connectivity index (χ1n) is 5.60. The number of rotatable bonds is 5. The molecule has 100 valence electrons. The molecule has 0 unspecified atom stereocenters. The SMILES string of the molecule is CC(C)CS(=O)(=O)NC1(C(=O)O)CCOCC1. The molecule has 6 nitrogen and oxygen atoms in total. The second kappa shape index (κ2) is 5.32. The molecular formula is C10H19NO5S. The standard InChI is InChI=1S/C10H19NO5S/c1-8(2)7-17(14,15)11-10(9(12)13)3-5-16-6-4-10/h8,11H,3-7H2,1-2H3,(H,12,13). The number of ether oxygens (including phenoxy) is 1. The maximum absolute atomic E-state index is 11.8. The molecule has 0 atom stereocenters. The van der Waals surface area contributed by atoms with Crippen molar-refractivity contribution in [1.29, 1.82) is 0 Å². The summed E-state index contributed by atoms with van der Waals surface area (Å²) in [6.45, 7) is 4.07. The Hall–Kier alpha value is -0.660. The molecule has 0 aromatic rings. The molecule has 2 N–H and O–H groups in total. The highest BCUT2D eigenvalue weighted by atomic mass is 32.2. The van der Waals surface area contributed by atoms with Gasteiger partial charge in [0.25, 0.3) is 0 Å². The van der Waals surface area contributed by atoms with E-state index in [1.54, 1.807) is 13.8 Å². The molecule has 1 aliphatic heterocycles. The zero-order valence-corrected chi connectivity index (χ0v) is 10.9. The van der Waals surface area contributed by atoms with Gasteiger partial charge in [-0.2, -0.15) is 4.72 Å². The van der Waals surface area contributed by atoms with Crippen molar-refractivity contribution in [3.63, 3.8) is 0 Å². The number of sulfonamides is 1. The molecule has 1 aliphatic rings. The normalized spacial score (nSPS) is 20.4. The predicted molar refractivity (Wildman–Crippen MR) is 62.2 cm³/mol. The molecule has 0 saturated carbocycles. The Morgan fingerprint density at radius 2 is 1.94 bits per heavy atom. The molecule has 0 aliphatic carbocycles. The van der Waals surface area contributed by atoms with Gasteiger partial charge >= 0.3 is 5.97 Å². The van der Waals surface area contributed by atoms with Crippen molar-refractivity contribution in [3.05, 3.63) is 0 Å². The fraction of sp³-hybridized carbons (Fsp3) is 0.900. The highest BCUT2D eigenvalue weighted by molar-refractivity contribution is 7.89. The largest absolute Gasteiger partial charge is 0.480 e. The summed E-state index contributed by atoms with van der Waals surface area (Å²) in [5, 5.41) is 9.20. The molecule has 1 fully saturated rings. The van der Waals surface area contributed by atoms with Crippen LogP contribution in [0.5, 0.6) is 0 Å². The van der Waals surface area contributed by atoms with Crippen LogP contribution in [0.25, 0.3) is 0 Å². The lowest BCUT2D eigenvalue weighted by molar-refractivity contribution is -0.147. The summed E-state index contributed by atoms with van der Waals surface area (Å²) in [7, 11) is -3.57. The van der Waals surface area contributed by atoms with Gasteiger partial charge in [-0.25, -0.2) is 8.42 Å². The van der Waals surface area contributed by atoms with Gasteiger partial charge < -0.3 is 9.84 Å². The minimum Gasteiger partial charge on any atom is -0.480 e. The van der Waals surface area contributed by atoms with Crippen LogP contribution in [0.4, 0.5) is 0 Å². The van der Waals surface area contributed by atoms with Crippen LogP contribution in [0.15, 0.2) is 0 Å². The Morgan fingerprint density at radius 1 is 1.41 bits per heavy atom. The van der Waals surface area contributed by atoms with Gasteiger partial charge in [0.1, 0.15) is 5.54 Å². The monoisotopic (exact) mass is 265 g/mol. The highest BCUT2D eigenvalue weighted by Gasteiger charge is 2.43. The molecule has 7 heteroatoms. The average molecular weight is 265 g/mol. The van der Waals surface area contributed by atoms with E-state index in [-0.39, 0.29) is 37.7 Å². The van der Waals surface area contributed by atoms with E-state index >= 15 is 0 Å². The van der Waals surface area contributed by atoms with Crippen molar-refractivity contribution in [2.75, 3.05) is 19.0 Å². The van der Waals surface area contributed by atoms with E-state index in [0.29, 0.717) is 0 Å². The van der Waals surface area contributed by atoms with E-state index in [2.05, 4.69) is 4.72 Å². The molecule has 1 rings (SSSR count). The summed E-state index contributed by atoms with van der Waals surface area (Å²) < 4.78 is 31.0. The Morgan fingerprint density at radius 3 is 2.35 bits per heavy atom. The van der Waals surface area contributed by atoms with E-state index < -0.39 is 21.5 Å². The molecule has 17 heavy (non-hydrogen) atoms. The molecule has 0 bridgehead atoms. The van der Waals surface area contributed by atoms with Crippen LogP contribution in [-0.2, 0) is 19.6 Å². The van der Waals surface area contributed by atoms with Gasteiger partial charge in [-0.15, -0.1) is 0 Å². The Balaban J connectivity index is 2.83. The molecular weight excluding hydrogens is 246 g/mol. The third-order valence-electron chi connectivity index (χ3n) is 2.66. The third kappa shape index (κ3) is 3.93. The summed E-state index contributed by atoms with van der Waals surface area (Å²) in [6, 6.07) is 0. The van der Waals surface area contributed by atoms with Crippen LogP contribution in [0.3, 0.4) is 0 Å². The first-order chi connectivity index (χ1) is 7.77. The summed E-state index contributed by atoms with van der Waals surface area (Å²) in [6.07, 6.45) is 0.333. The number of hydrogen-bond donors (Lipinski definition) is 2. The molecule has 0 aromatic carbocycles. The van der Waals surface area contributed by atoms with Gasteiger partial charge in [0.2, 0.25) is 10.0 Å². The Bertz CT molecular complexity index is 370. The summed E-state index contributed by atoms with van der Waals surface area (Å²) >= 11 is 0. The highest BCUT2D eigenvalue weighted by Crippen LogP contribution is 2.22. The lowest BCUT2D eigenvalue weighted by Gasteiger charge is -2.33. The molecule has 0 amide bonds. The second-order valence-electron chi connectivity index (χ2n) is 4.78. The summed E-state index contributed by atoms with van der Waals surface area (Å²) in [4.78, 5) is 11.3. The van der Waals surface area contributed by atoms with E-state index in [1.807, 2.05) is 0 Å². The first-order valence-corrected chi connectivity index (χ1v) is 7.25. The van der Waals surface area contributed by atoms with Crippen molar-refractivity contribution < 1.29 is 23.1 Å². The van der Waals surface area contributed by atoms with Gasteiger partial charge in [0.05, 0.1) is 5.75 Å². The zero-order chi connectivity index (χ0) is 13.1. The predicted octanol–water partition coefficient (Wildman–Crippen LogP) is 0.196. The summed E-state index contributed by atoms with van der Waals surface area (Å²) in [5.41, 5.74) is -1.40. The average Bonchev–Trinajstić information content (AvgIpc) is 2.15. The Kier molecular flexibility index (Phi) is 4.51. The van der Waals surface area contributed by atoms with Crippen LogP contribution in [0.2, 0.25) is 0 Å². The molecule has 0 spiro atoms. The molecule has 0 aromatic heterocycles. The van der Waals surface area contributed by atoms with Crippen molar-refractivity contribution in [2.45, 2.75) is 32.2 Å². The molecule has 0 radical (unpaired) electrons. The van der Waals surface area contributed by atoms with Crippen LogP contribution < -0.4 is 4.72 Å². The van der Waals surface area contributed by atoms with Crippen molar-refractivity contribution in [3.8, 4) is 0 Å². The van der Waals surface area contributed by atoms with Crippen LogP contribution in [0.1, 0.15) is 26.7 Å². The smallest absolute Gasteiger partial charge is 0.325 e. The summed E-state index contributed by atoms with van der Waals surface area (Å²) in [5.74, 6) is -1.24. The van der Waals surface area contributed by atoms with Crippen molar-refractivity contribution in [1.82, 2.24) is 4.72 Å². The number of carboxylic acids is 1. The van der Waals surface area contributed by atoms with Crippen LogP contribution in [-0.4, -0.2) is 44.0 Å². The van der Waals surface area contributed by atoms with Crippen LogP contribution >= 0.6 is 0 Å². The maximum Gasteiger partial charge on any atom is 0.325 e. The molecule has 1 saturated heterocycles. The number of hydrogen-bond acceptors (Lipinski definition) is 4. The van der Waals surface area contributed by atoms with Gasteiger partial charge in [0.15, 0.2) is 0 Å². The van der Waals surface area contributed by atoms with Gasteiger partial charge in [0, 0.05) is 26.1 Å². The van der Waals surface area contributed by atoms with E-state index in [4.69, 9.17) is 4.74 Å². The van der Waals surface area contributed by atoms with Crippen molar-refractivity contribution in [2.24, 2.45) is 5.92 Å². The van der Waals surface area contributed by atoms with E-state index in [0.717, 1.165) is 0 Å². The van der Waals surface area contributed by atoms with Crippen LogP contribution in [0, 0.1) is 5.92 Å². The van der Waals surface area contributed by atoms with E-state index in [1.165, 1.54) is 0 Å².